The van der Waals surface area contributed by atoms with E-state index in [0.717, 1.165) is 10.6 Å². The van der Waals surface area contributed by atoms with Crippen molar-refractivity contribution >= 4 is 21.0 Å². The average Bonchev–Trinajstić information content (AvgIpc) is 2.27. The molecule has 1 heterocycles. The van der Waals surface area contributed by atoms with E-state index in [4.69, 9.17) is 4.55 Å². The average molecular weight is 270 g/mol. The van der Waals surface area contributed by atoms with Crippen LogP contribution in [0, 0.1) is 0 Å². The van der Waals surface area contributed by atoms with Crippen LogP contribution in [-0.4, -0.2) is 22.5 Å². The predicted molar refractivity (Wildman–Crippen MR) is 64.3 cm³/mol. The Labute approximate surface area is 101 Å². The first kappa shape index (κ1) is 12.5. The normalized spacial score (nSPS) is 11.9. The van der Waals surface area contributed by atoms with Crippen LogP contribution in [0.2, 0.25) is 0 Å². The Morgan fingerprint density at radius 2 is 2.00 bits per heavy atom. The summed E-state index contributed by atoms with van der Waals surface area (Å²) < 4.78 is 32.7. The van der Waals surface area contributed by atoms with E-state index in [9.17, 15) is 18.0 Å². The highest BCUT2D eigenvalue weighted by molar-refractivity contribution is 7.86. The van der Waals surface area contributed by atoms with Gasteiger partial charge in [0.1, 0.15) is 4.90 Å². The standard InChI is InChI=1S/C10H10N2O5S/c1-2-12-8-6(9(13)11-10(12)14)4-3-5-7(8)18(15,16)17/h3-5H,2H2,1H3,(H,11,13,14)(H,15,16,17). The molecule has 18 heavy (non-hydrogen) atoms. The summed E-state index contributed by atoms with van der Waals surface area (Å²) in [4.78, 5) is 24.8. The second-order valence-electron chi connectivity index (χ2n) is 3.63. The molecule has 8 heteroatoms. The molecule has 0 amide bonds. The summed E-state index contributed by atoms with van der Waals surface area (Å²) in [5.41, 5.74) is -1.49. The molecule has 7 nitrogen and oxygen atoms in total. The van der Waals surface area contributed by atoms with Crippen molar-refractivity contribution < 1.29 is 13.0 Å². The number of aryl methyl sites for hydroxylation is 1. The van der Waals surface area contributed by atoms with Crippen LogP contribution in [0.5, 0.6) is 0 Å². The summed E-state index contributed by atoms with van der Waals surface area (Å²) in [5, 5.41) is 0.0339. The minimum atomic E-state index is -4.51. The fourth-order valence-corrected chi connectivity index (χ4v) is 2.54. The zero-order valence-corrected chi connectivity index (χ0v) is 10.2. The van der Waals surface area contributed by atoms with Crippen LogP contribution in [0.4, 0.5) is 0 Å². The van der Waals surface area contributed by atoms with Gasteiger partial charge >= 0.3 is 5.69 Å². The number of para-hydroxylation sites is 1. The van der Waals surface area contributed by atoms with Crippen molar-refractivity contribution in [2.24, 2.45) is 0 Å². The van der Waals surface area contributed by atoms with E-state index in [0.29, 0.717) is 0 Å². The molecule has 2 rings (SSSR count). The van der Waals surface area contributed by atoms with Gasteiger partial charge in [-0.15, -0.1) is 0 Å². The molecule has 0 aliphatic rings. The van der Waals surface area contributed by atoms with Crippen molar-refractivity contribution in [2.45, 2.75) is 18.4 Å². The van der Waals surface area contributed by atoms with Crippen LogP contribution in [-0.2, 0) is 16.7 Å². The molecule has 0 aliphatic carbocycles. The Morgan fingerprint density at radius 1 is 1.33 bits per heavy atom. The Morgan fingerprint density at radius 3 is 2.56 bits per heavy atom. The third-order valence-corrected chi connectivity index (χ3v) is 3.46. The molecule has 0 saturated carbocycles. The van der Waals surface area contributed by atoms with Crippen molar-refractivity contribution in [1.29, 1.82) is 0 Å². The number of rotatable bonds is 2. The van der Waals surface area contributed by atoms with Crippen LogP contribution < -0.4 is 11.2 Å². The van der Waals surface area contributed by atoms with Gasteiger partial charge in [-0.05, 0) is 19.1 Å². The van der Waals surface area contributed by atoms with Crippen molar-refractivity contribution in [2.75, 3.05) is 0 Å². The van der Waals surface area contributed by atoms with Crippen LogP contribution in [0.15, 0.2) is 32.7 Å². The highest BCUT2D eigenvalue weighted by atomic mass is 32.2. The molecular formula is C10H10N2O5S. The van der Waals surface area contributed by atoms with E-state index < -0.39 is 26.3 Å². The zero-order valence-electron chi connectivity index (χ0n) is 9.37. The highest BCUT2D eigenvalue weighted by Crippen LogP contribution is 2.19. The monoisotopic (exact) mass is 270 g/mol. The number of fused-ring (bicyclic) bond motifs is 1. The molecule has 0 aliphatic heterocycles. The summed E-state index contributed by atoms with van der Waals surface area (Å²) in [7, 11) is -4.51. The first-order valence-corrected chi connectivity index (χ1v) is 6.53. The van der Waals surface area contributed by atoms with Crippen LogP contribution in [0.25, 0.3) is 10.9 Å². The molecule has 2 N–H and O–H groups in total. The number of aromatic amines is 1. The third kappa shape index (κ3) is 1.85. The lowest BCUT2D eigenvalue weighted by Gasteiger charge is -2.09. The molecule has 2 aromatic rings. The summed E-state index contributed by atoms with van der Waals surface area (Å²) in [6, 6.07) is 3.85. The predicted octanol–water partition coefficient (Wildman–Crippen LogP) is -0.0436. The Balaban J connectivity index is 3.19. The molecule has 0 radical (unpaired) electrons. The Kier molecular flexibility index (Phi) is 2.83. The van der Waals surface area contributed by atoms with Gasteiger partial charge in [-0.2, -0.15) is 8.42 Å². The lowest BCUT2D eigenvalue weighted by molar-refractivity contribution is 0.483. The van der Waals surface area contributed by atoms with Crippen molar-refractivity contribution in [1.82, 2.24) is 9.55 Å². The van der Waals surface area contributed by atoms with Crippen molar-refractivity contribution in [3.63, 3.8) is 0 Å². The maximum absolute atomic E-state index is 11.6. The number of nitrogens with one attached hydrogen (secondary N) is 1. The van der Waals surface area contributed by atoms with Gasteiger partial charge in [0.05, 0.1) is 10.9 Å². The van der Waals surface area contributed by atoms with E-state index in [2.05, 4.69) is 4.98 Å². The number of hydrogen-bond acceptors (Lipinski definition) is 4. The van der Waals surface area contributed by atoms with Gasteiger partial charge in [-0.1, -0.05) is 6.07 Å². The van der Waals surface area contributed by atoms with Crippen LogP contribution in [0.3, 0.4) is 0 Å². The van der Waals surface area contributed by atoms with E-state index >= 15 is 0 Å². The zero-order chi connectivity index (χ0) is 13.5. The van der Waals surface area contributed by atoms with Gasteiger partial charge in [0, 0.05) is 6.54 Å². The SMILES string of the molecule is CCn1c(=O)[nH]c(=O)c2cccc(S(=O)(=O)O)c21. The number of nitrogens with zero attached hydrogens (tertiary/aromatic N) is 1. The van der Waals surface area contributed by atoms with Gasteiger partial charge in [0.15, 0.2) is 0 Å². The van der Waals surface area contributed by atoms with Crippen LogP contribution in [0.1, 0.15) is 6.92 Å². The molecule has 96 valence electrons. The molecule has 0 spiro atoms. The summed E-state index contributed by atoms with van der Waals surface area (Å²) >= 11 is 0. The molecule has 0 bridgehead atoms. The van der Waals surface area contributed by atoms with Crippen molar-refractivity contribution in [3.05, 3.63) is 39.0 Å². The minimum absolute atomic E-state index is 0.0339. The van der Waals surface area contributed by atoms with Gasteiger partial charge < -0.3 is 0 Å². The molecule has 0 saturated heterocycles. The summed E-state index contributed by atoms with van der Waals surface area (Å²) in [6.07, 6.45) is 0. The third-order valence-electron chi connectivity index (χ3n) is 2.57. The number of H-pyrrole nitrogens is 1. The van der Waals surface area contributed by atoms with Crippen molar-refractivity contribution in [3.8, 4) is 0 Å². The summed E-state index contributed by atoms with van der Waals surface area (Å²) in [6.45, 7) is 1.79. The van der Waals surface area contributed by atoms with E-state index in [1.54, 1.807) is 6.92 Å². The quantitative estimate of drug-likeness (QED) is 0.744. The molecule has 1 aromatic heterocycles. The van der Waals surface area contributed by atoms with Gasteiger partial charge in [-0.25, -0.2) is 4.79 Å². The largest absolute Gasteiger partial charge is 0.328 e. The Hall–Kier alpha value is -1.93. The van der Waals surface area contributed by atoms with E-state index in [1.165, 1.54) is 12.1 Å². The minimum Gasteiger partial charge on any atom is -0.292 e. The maximum Gasteiger partial charge on any atom is 0.328 e. The van der Waals surface area contributed by atoms with Crippen LogP contribution >= 0.6 is 0 Å². The fourth-order valence-electron chi connectivity index (χ4n) is 1.83. The Bertz CT molecular complexity index is 831. The molecule has 0 atom stereocenters. The maximum atomic E-state index is 11.6. The smallest absolute Gasteiger partial charge is 0.292 e. The summed E-state index contributed by atoms with van der Waals surface area (Å²) in [5.74, 6) is 0. The first-order valence-electron chi connectivity index (χ1n) is 5.09. The van der Waals surface area contributed by atoms with E-state index in [-0.39, 0.29) is 17.4 Å². The van der Waals surface area contributed by atoms with E-state index in [1.807, 2.05) is 0 Å². The molecule has 1 aromatic carbocycles. The van der Waals surface area contributed by atoms with Gasteiger partial charge in [-0.3, -0.25) is 18.9 Å². The second kappa shape index (κ2) is 4.07. The topological polar surface area (TPSA) is 109 Å². The van der Waals surface area contributed by atoms with Gasteiger partial charge in [0.2, 0.25) is 0 Å². The fraction of sp³-hybridized carbons (Fsp3) is 0.200. The van der Waals surface area contributed by atoms with Gasteiger partial charge in [0.25, 0.3) is 15.7 Å². The molecule has 0 unspecified atom stereocenters. The highest BCUT2D eigenvalue weighted by Gasteiger charge is 2.18. The first-order chi connectivity index (χ1) is 8.36. The molecule has 0 fully saturated rings. The molecular weight excluding hydrogens is 260 g/mol. The lowest BCUT2D eigenvalue weighted by Crippen LogP contribution is -2.30. The number of benzene rings is 1. The number of hydrogen-bond donors (Lipinski definition) is 2. The number of aromatic nitrogens is 2. The lowest BCUT2D eigenvalue weighted by atomic mass is 10.2. The second-order valence-corrected chi connectivity index (χ2v) is 5.02.